The largest absolute Gasteiger partial charge is 0.497 e. The monoisotopic (exact) mass is 353 g/mol. The zero-order valence-electron chi connectivity index (χ0n) is 14.2. The van der Waals surface area contributed by atoms with Crippen molar-refractivity contribution >= 4 is 11.6 Å². The second-order valence-electron chi connectivity index (χ2n) is 5.54. The van der Waals surface area contributed by atoms with Crippen molar-refractivity contribution < 1.29 is 13.9 Å². The summed E-state index contributed by atoms with van der Waals surface area (Å²) in [4.78, 5) is 24.6. The molecule has 0 unspecified atom stereocenters. The Bertz CT molecular complexity index is 1010. The van der Waals surface area contributed by atoms with Gasteiger partial charge in [-0.05, 0) is 43.3 Å². The van der Waals surface area contributed by atoms with E-state index >= 15 is 0 Å². The second kappa shape index (κ2) is 7.18. The maximum atomic E-state index is 14.1. The Morgan fingerprint density at radius 3 is 2.50 bits per heavy atom. The zero-order chi connectivity index (χ0) is 18.7. The number of nitrogens with one attached hydrogen (secondary N) is 1. The van der Waals surface area contributed by atoms with Crippen LogP contribution in [-0.4, -0.2) is 22.8 Å². The Kier molecular flexibility index (Phi) is 4.79. The fraction of sp³-hybridized carbons (Fsp3) is 0.105. The lowest BCUT2D eigenvalue weighted by Crippen LogP contribution is -2.27. The van der Waals surface area contributed by atoms with Crippen LogP contribution in [-0.2, 0) is 0 Å². The lowest BCUT2D eigenvalue weighted by Gasteiger charge is -2.12. The minimum Gasteiger partial charge on any atom is -0.497 e. The SMILES string of the molecule is COc1ccc(NC(=O)c2nn(-c3ccccc3F)c(C)cc2=O)cc1. The number of nitrogens with zero attached hydrogens (tertiary/aromatic N) is 2. The highest BCUT2D eigenvalue weighted by molar-refractivity contribution is 6.02. The molecule has 3 rings (SSSR count). The molecule has 3 aromatic rings. The first-order valence-corrected chi connectivity index (χ1v) is 7.81. The first-order valence-electron chi connectivity index (χ1n) is 7.81. The number of para-hydroxylation sites is 1. The Hall–Kier alpha value is -3.48. The molecular formula is C19H16FN3O3. The van der Waals surface area contributed by atoms with Crippen LogP contribution in [0.4, 0.5) is 10.1 Å². The van der Waals surface area contributed by atoms with E-state index in [1.807, 2.05) is 0 Å². The summed E-state index contributed by atoms with van der Waals surface area (Å²) in [7, 11) is 1.54. The van der Waals surface area contributed by atoms with Gasteiger partial charge in [-0.1, -0.05) is 12.1 Å². The maximum absolute atomic E-state index is 14.1. The lowest BCUT2D eigenvalue weighted by atomic mass is 10.2. The molecule has 7 heteroatoms. The molecule has 1 amide bonds. The molecule has 0 atom stereocenters. The topological polar surface area (TPSA) is 73.2 Å². The maximum Gasteiger partial charge on any atom is 0.280 e. The van der Waals surface area contributed by atoms with E-state index in [1.54, 1.807) is 43.3 Å². The van der Waals surface area contributed by atoms with Crippen LogP contribution >= 0.6 is 0 Å². The number of carbonyl (C=O) groups is 1. The highest BCUT2D eigenvalue weighted by Crippen LogP contribution is 2.16. The third-order valence-corrected chi connectivity index (χ3v) is 3.75. The summed E-state index contributed by atoms with van der Waals surface area (Å²) >= 11 is 0. The van der Waals surface area contributed by atoms with Gasteiger partial charge in [0.1, 0.15) is 17.3 Å². The molecule has 0 aliphatic rings. The van der Waals surface area contributed by atoms with Gasteiger partial charge in [0.2, 0.25) is 5.43 Å². The molecule has 1 heterocycles. The standard InChI is InChI=1S/C19H16FN3O3/c1-12-11-17(24)18(22-23(12)16-6-4-3-5-15(16)20)19(25)21-13-7-9-14(26-2)10-8-13/h3-11H,1-2H3,(H,21,25). The molecule has 0 aliphatic carbocycles. The van der Waals surface area contributed by atoms with Gasteiger partial charge in [-0.2, -0.15) is 5.10 Å². The van der Waals surface area contributed by atoms with Crippen LogP contribution < -0.4 is 15.5 Å². The van der Waals surface area contributed by atoms with Crippen molar-refractivity contribution in [3.8, 4) is 11.4 Å². The number of methoxy groups -OCH3 is 1. The molecule has 1 aromatic heterocycles. The number of halogens is 1. The molecule has 0 spiro atoms. The number of hydrogen-bond donors (Lipinski definition) is 1. The van der Waals surface area contributed by atoms with Gasteiger partial charge in [-0.25, -0.2) is 9.07 Å². The van der Waals surface area contributed by atoms with Gasteiger partial charge in [-0.3, -0.25) is 9.59 Å². The molecule has 0 saturated heterocycles. The Labute approximate surface area is 148 Å². The van der Waals surface area contributed by atoms with Crippen LogP contribution in [0.3, 0.4) is 0 Å². The summed E-state index contributed by atoms with van der Waals surface area (Å²) in [6, 6.07) is 13.9. The van der Waals surface area contributed by atoms with Crippen molar-refractivity contribution in [1.29, 1.82) is 0 Å². The third kappa shape index (κ3) is 3.46. The van der Waals surface area contributed by atoms with Crippen LogP contribution in [0, 0.1) is 12.7 Å². The first-order chi connectivity index (χ1) is 12.5. The average molecular weight is 353 g/mol. The van der Waals surface area contributed by atoms with Gasteiger partial charge in [-0.15, -0.1) is 0 Å². The van der Waals surface area contributed by atoms with Crippen LogP contribution in [0.15, 0.2) is 59.4 Å². The fourth-order valence-corrected chi connectivity index (χ4v) is 2.44. The smallest absolute Gasteiger partial charge is 0.280 e. The van der Waals surface area contributed by atoms with Crippen molar-refractivity contribution in [3.63, 3.8) is 0 Å². The van der Waals surface area contributed by atoms with E-state index in [9.17, 15) is 14.0 Å². The third-order valence-electron chi connectivity index (χ3n) is 3.75. The van der Waals surface area contributed by atoms with Crippen molar-refractivity contribution in [1.82, 2.24) is 9.78 Å². The van der Waals surface area contributed by atoms with Crippen molar-refractivity contribution in [2.45, 2.75) is 6.92 Å². The van der Waals surface area contributed by atoms with Gasteiger partial charge in [0, 0.05) is 17.4 Å². The Balaban J connectivity index is 1.96. The number of aryl methyl sites for hydroxylation is 1. The van der Waals surface area contributed by atoms with E-state index in [0.29, 0.717) is 17.1 Å². The zero-order valence-corrected chi connectivity index (χ0v) is 14.2. The summed E-state index contributed by atoms with van der Waals surface area (Å²) < 4.78 is 20.3. The van der Waals surface area contributed by atoms with E-state index in [2.05, 4.69) is 10.4 Å². The van der Waals surface area contributed by atoms with Crippen molar-refractivity contribution in [2.24, 2.45) is 0 Å². The molecule has 6 nitrogen and oxygen atoms in total. The van der Waals surface area contributed by atoms with Crippen LogP contribution in [0.25, 0.3) is 5.69 Å². The highest BCUT2D eigenvalue weighted by Gasteiger charge is 2.16. The lowest BCUT2D eigenvalue weighted by molar-refractivity contribution is 0.101. The van der Waals surface area contributed by atoms with E-state index in [-0.39, 0.29) is 11.4 Å². The van der Waals surface area contributed by atoms with Crippen molar-refractivity contribution in [2.75, 3.05) is 12.4 Å². The van der Waals surface area contributed by atoms with E-state index in [1.165, 1.54) is 30.0 Å². The molecule has 0 aliphatic heterocycles. The molecular weight excluding hydrogens is 337 g/mol. The van der Waals surface area contributed by atoms with E-state index in [4.69, 9.17) is 4.74 Å². The fourth-order valence-electron chi connectivity index (χ4n) is 2.44. The van der Waals surface area contributed by atoms with Gasteiger partial charge in [0.25, 0.3) is 5.91 Å². The van der Waals surface area contributed by atoms with Gasteiger partial charge < -0.3 is 10.1 Å². The highest BCUT2D eigenvalue weighted by atomic mass is 19.1. The van der Waals surface area contributed by atoms with Crippen molar-refractivity contribution in [3.05, 3.63) is 82.0 Å². The molecule has 1 N–H and O–H groups in total. The summed E-state index contributed by atoms with van der Waals surface area (Å²) in [5.41, 5.74) is 0.190. The Morgan fingerprint density at radius 2 is 1.85 bits per heavy atom. The molecule has 132 valence electrons. The number of rotatable bonds is 4. The number of aromatic nitrogens is 2. The molecule has 0 radical (unpaired) electrons. The minimum absolute atomic E-state index is 0.156. The molecule has 0 bridgehead atoms. The predicted octanol–water partition coefficient (Wildman–Crippen LogP) is 2.94. The van der Waals surface area contributed by atoms with Gasteiger partial charge in [0.15, 0.2) is 5.69 Å². The summed E-state index contributed by atoms with van der Waals surface area (Å²) in [5, 5.41) is 6.66. The van der Waals surface area contributed by atoms with E-state index in [0.717, 1.165) is 0 Å². The quantitative estimate of drug-likeness (QED) is 0.783. The van der Waals surface area contributed by atoms with Crippen LogP contribution in [0.5, 0.6) is 5.75 Å². The van der Waals surface area contributed by atoms with Crippen LogP contribution in [0.1, 0.15) is 16.2 Å². The summed E-state index contributed by atoms with van der Waals surface area (Å²) in [6.45, 7) is 1.62. The number of carbonyl (C=O) groups excluding carboxylic acids is 1. The second-order valence-corrected chi connectivity index (χ2v) is 5.54. The predicted molar refractivity (Wildman–Crippen MR) is 95.5 cm³/mol. The summed E-state index contributed by atoms with van der Waals surface area (Å²) in [6.07, 6.45) is 0. The molecule has 0 saturated carbocycles. The number of amides is 1. The molecule has 26 heavy (non-hydrogen) atoms. The first kappa shape index (κ1) is 17.3. The molecule has 0 fully saturated rings. The number of ether oxygens (including phenoxy) is 1. The number of benzene rings is 2. The van der Waals surface area contributed by atoms with Gasteiger partial charge >= 0.3 is 0 Å². The number of hydrogen-bond acceptors (Lipinski definition) is 4. The normalized spacial score (nSPS) is 10.4. The minimum atomic E-state index is -0.676. The van der Waals surface area contributed by atoms with E-state index < -0.39 is 17.2 Å². The Morgan fingerprint density at radius 1 is 1.15 bits per heavy atom. The summed E-state index contributed by atoms with van der Waals surface area (Å²) in [5.74, 6) is -0.545. The molecule has 2 aromatic carbocycles. The van der Waals surface area contributed by atoms with Gasteiger partial charge in [0.05, 0.1) is 7.11 Å². The average Bonchev–Trinajstić information content (AvgIpc) is 2.63. The number of anilines is 1. The van der Waals surface area contributed by atoms with Crippen LogP contribution in [0.2, 0.25) is 0 Å².